The average Bonchev–Trinajstić information content (AvgIpc) is 2.70. The van der Waals surface area contributed by atoms with Crippen LogP contribution in [0, 0.1) is 0 Å². The molecule has 10 heteroatoms. The summed E-state index contributed by atoms with van der Waals surface area (Å²) in [5.41, 5.74) is 0. The largest absolute Gasteiger partial charge is 0.495 e. The van der Waals surface area contributed by atoms with Gasteiger partial charge >= 0.3 is 0 Å². The highest BCUT2D eigenvalue weighted by Crippen LogP contribution is 2.31. The van der Waals surface area contributed by atoms with Crippen LogP contribution in [0.4, 0.5) is 0 Å². The summed E-state index contributed by atoms with van der Waals surface area (Å²) in [6, 6.07) is 3.07. The third-order valence-corrected chi connectivity index (χ3v) is 7.38. The molecule has 1 saturated heterocycles. The molecule has 0 amide bonds. The van der Waals surface area contributed by atoms with E-state index in [0.29, 0.717) is 0 Å². The smallest absolute Gasteiger partial charge is 0.246 e. The van der Waals surface area contributed by atoms with Gasteiger partial charge in [0, 0.05) is 12.1 Å². The molecule has 0 radical (unpaired) electrons. The average molecular weight is 370 g/mol. The van der Waals surface area contributed by atoms with Crippen molar-refractivity contribution in [1.82, 2.24) is 4.31 Å². The minimum Gasteiger partial charge on any atom is -0.495 e. The standard InChI is InChI=1S/C12H16ClNO6S2/c1-14(9-6-21(16,17)7-10(9)15)22(18,19)12-5-8(13)3-4-11(12)20-2/h3-5,9-10,15H,6-7H2,1-2H3/t9-,10-/m0/s1. The SMILES string of the molecule is COc1ccc(Cl)cc1S(=O)(=O)N(C)[C@H]1CS(=O)(=O)C[C@@H]1O. The Hall–Kier alpha value is -0.870. The number of likely N-dealkylation sites (N-methyl/N-ethyl adjacent to an activating group) is 1. The second kappa shape index (κ2) is 5.97. The van der Waals surface area contributed by atoms with E-state index in [1.54, 1.807) is 0 Å². The predicted molar refractivity (Wildman–Crippen MR) is 81.4 cm³/mol. The third kappa shape index (κ3) is 3.23. The highest BCUT2D eigenvalue weighted by Gasteiger charge is 2.43. The fraction of sp³-hybridized carbons (Fsp3) is 0.500. The lowest BCUT2D eigenvalue weighted by Gasteiger charge is -2.26. The molecule has 0 bridgehead atoms. The van der Waals surface area contributed by atoms with Gasteiger partial charge < -0.3 is 9.84 Å². The molecule has 0 saturated carbocycles. The number of methoxy groups -OCH3 is 1. The molecular weight excluding hydrogens is 354 g/mol. The second-order valence-electron chi connectivity index (χ2n) is 5.03. The first-order chi connectivity index (χ1) is 10.1. The Balaban J connectivity index is 2.45. The summed E-state index contributed by atoms with van der Waals surface area (Å²) < 4.78 is 54.4. The second-order valence-corrected chi connectivity index (χ2v) is 9.58. The zero-order valence-corrected chi connectivity index (χ0v) is 14.3. The van der Waals surface area contributed by atoms with Crippen LogP contribution in [0.5, 0.6) is 5.75 Å². The fourth-order valence-electron chi connectivity index (χ4n) is 2.34. The van der Waals surface area contributed by atoms with E-state index < -0.39 is 43.5 Å². The van der Waals surface area contributed by atoms with Gasteiger partial charge in [-0.3, -0.25) is 0 Å². The van der Waals surface area contributed by atoms with Crippen molar-refractivity contribution >= 4 is 31.5 Å². The number of hydrogen-bond acceptors (Lipinski definition) is 6. The van der Waals surface area contributed by atoms with Crippen molar-refractivity contribution in [3.05, 3.63) is 23.2 Å². The molecule has 1 aromatic carbocycles. The number of rotatable bonds is 4. The van der Waals surface area contributed by atoms with E-state index in [9.17, 15) is 21.9 Å². The van der Waals surface area contributed by atoms with Gasteiger partial charge in [0.1, 0.15) is 10.6 Å². The van der Waals surface area contributed by atoms with E-state index in [-0.39, 0.29) is 15.7 Å². The molecule has 22 heavy (non-hydrogen) atoms. The van der Waals surface area contributed by atoms with Crippen molar-refractivity contribution in [3.8, 4) is 5.75 Å². The van der Waals surface area contributed by atoms with Crippen LogP contribution in [-0.4, -0.2) is 64.1 Å². The normalized spacial score (nSPS) is 24.6. The Labute approximate surface area is 134 Å². The quantitative estimate of drug-likeness (QED) is 0.809. The van der Waals surface area contributed by atoms with Gasteiger partial charge in [-0.05, 0) is 18.2 Å². The zero-order chi connectivity index (χ0) is 16.7. The van der Waals surface area contributed by atoms with E-state index in [1.165, 1.54) is 32.4 Å². The maximum Gasteiger partial charge on any atom is 0.246 e. The molecule has 1 aliphatic rings. The monoisotopic (exact) mass is 369 g/mol. The van der Waals surface area contributed by atoms with Crippen LogP contribution in [0.15, 0.2) is 23.1 Å². The fourth-order valence-corrected chi connectivity index (χ4v) is 6.08. The van der Waals surface area contributed by atoms with Gasteiger partial charge in [0.2, 0.25) is 10.0 Å². The Morgan fingerprint density at radius 2 is 2.00 bits per heavy atom. The summed E-state index contributed by atoms with van der Waals surface area (Å²) >= 11 is 5.83. The molecular formula is C12H16ClNO6S2. The summed E-state index contributed by atoms with van der Waals surface area (Å²) in [4.78, 5) is -0.179. The maximum atomic E-state index is 12.7. The van der Waals surface area contributed by atoms with Crippen LogP contribution < -0.4 is 4.74 Å². The van der Waals surface area contributed by atoms with E-state index in [2.05, 4.69) is 0 Å². The summed E-state index contributed by atoms with van der Waals surface area (Å²) in [5, 5.41) is 10.0. The molecule has 0 aromatic heterocycles. The molecule has 0 aliphatic carbocycles. The van der Waals surface area contributed by atoms with Crippen LogP contribution >= 0.6 is 11.6 Å². The molecule has 1 N–H and O–H groups in total. The molecule has 1 heterocycles. The van der Waals surface area contributed by atoms with E-state index in [4.69, 9.17) is 16.3 Å². The van der Waals surface area contributed by atoms with Gasteiger partial charge in [0.15, 0.2) is 9.84 Å². The zero-order valence-electron chi connectivity index (χ0n) is 11.9. The van der Waals surface area contributed by atoms with Crippen molar-refractivity contribution in [2.24, 2.45) is 0 Å². The molecule has 1 aliphatic heterocycles. The lowest BCUT2D eigenvalue weighted by atomic mass is 10.2. The van der Waals surface area contributed by atoms with E-state index >= 15 is 0 Å². The summed E-state index contributed by atoms with van der Waals surface area (Å²) in [5.74, 6) is -0.789. The Morgan fingerprint density at radius 1 is 1.36 bits per heavy atom. The lowest BCUT2D eigenvalue weighted by molar-refractivity contribution is 0.137. The number of benzene rings is 1. The molecule has 0 spiro atoms. The van der Waals surface area contributed by atoms with Gasteiger partial charge in [-0.1, -0.05) is 11.6 Å². The van der Waals surface area contributed by atoms with Crippen molar-refractivity contribution in [1.29, 1.82) is 0 Å². The molecule has 124 valence electrons. The van der Waals surface area contributed by atoms with Crippen LogP contribution in [0.2, 0.25) is 5.02 Å². The topological polar surface area (TPSA) is 101 Å². The number of sulfone groups is 1. The highest BCUT2D eigenvalue weighted by molar-refractivity contribution is 7.92. The number of aliphatic hydroxyl groups is 1. The van der Waals surface area contributed by atoms with Crippen molar-refractivity contribution in [2.75, 3.05) is 25.7 Å². The van der Waals surface area contributed by atoms with Crippen molar-refractivity contribution < 1.29 is 26.7 Å². The lowest BCUT2D eigenvalue weighted by Crippen LogP contribution is -2.44. The van der Waals surface area contributed by atoms with Gasteiger partial charge in [0.25, 0.3) is 0 Å². The number of ether oxygens (including phenoxy) is 1. The summed E-state index contributed by atoms with van der Waals surface area (Å²) in [6.07, 6.45) is -1.27. The van der Waals surface area contributed by atoms with Gasteiger partial charge in [-0.25, -0.2) is 16.8 Å². The van der Waals surface area contributed by atoms with Crippen molar-refractivity contribution in [2.45, 2.75) is 17.0 Å². The third-order valence-electron chi connectivity index (χ3n) is 3.54. The Morgan fingerprint density at radius 3 is 2.50 bits per heavy atom. The number of nitrogens with zero attached hydrogens (tertiary/aromatic N) is 1. The van der Waals surface area contributed by atoms with E-state index in [1.807, 2.05) is 0 Å². The predicted octanol–water partition coefficient (Wildman–Crippen LogP) is 0.127. The van der Waals surface area contributed by atoms with E-state index in [0.717, 1.165) is 4.31 Å². The van der Waals surface area contributed by atoms with Crippen LogP contribution in [-0.2, 0) is 19.9 Å². The van der Waals surface area contributed by atoms with Gasteiger partial charge in [0.05, 0.1) is 30.8 Å². The molecule has 2 rings (SSSR count). The minimum atomic E-state index is -4.07. The van der Waals surface area contributed by atoms with Gasteiger partial charge in [-0.15, -0.1) is 0 Å². The summed E-state index contributed by atoms with van der Waals surface area (Å²) in [6.45, 7) is 0. The molecule has 2 atom stereocenters. The first-order valence-electron chi connectivity index (χ1n) is 6.28. The number of hydrogen-bond donors (Lipinski definition) is 1. The Bertz CT molecular complexity index is 777. The van der Waals surface area contributed by atoms with Crippen LogP contribution in [0.3, 0.4) is 0 Å². The first-order valence-corrected chi connectivity index (χ1v) is 9.92. The minimum absolute atomic E-state index is 0.0894. The Kier molecular flexibility index (Phi) is 4.74. The van der Waals surface area contributed by atoms with Crippen LogP contribution in [0.1, 0.15) is 0 Å². The number of halogens is 1. The maximum absolute atomic E-state index is 12.7. The van der Waals surface area contributed by atoms with Crippen molar-refractivity contribution in [3.63, 3.8) is 0 Å². The summed E-state index contributed by atoms with van der Waals surface area (Å²) in [7, 11) is -5.00. The van der Waals surface area contributed by atoms with Gasteiger partial charge in [-0.2, -0.15) is 4.31 Å². The molecule has 1 aromatic rings. The molecule has 7 nitrogen and oxygen atoms in total. The molecule has 1 fully saturated rings. The molecule has 0 unspecified atom stereocenters. The van der Waals surface area contributed by atoms with Crippen LogP contribution in [0.25, 0.3) is 0 Å². The number of sulfonamides is 1. The first kappa shape index (κ1) is 17.5. The number of aliphatic hydroxyl groups excluding tert-OH is 1. The highest BCUT2D eigenvalue weighted by atomic mass is 35.5.